The summed E-state index contributed by atoms with van der Waals surface area (Å²) >= 11 is 0. The van der Waals surface area contributed by atoms with E-state index in [2.05, 4.69) is 184 Å². The van der Waals surface area contributed by atoms with Crippen LogP contribution in [0, 0.1) is 0 Å². The minimum Gasteiger partial charge on any atom is -0.345 e. The van der Waals surface area contributed by atoms with Crippen molar-refractivity contribution in [1.82, 2.24) is 19.0 Å². The Balaban J connectivity index is 1.26. The third-order valence-corrected chi connectivity index (χ3v) is 9.83. The molecule has 4 nitrogen and oxygen atoms in total. The molecule has 0 spiro atoms. The van der Waals surface area contributed by atoms with E-state index in [-0.39, 0.29) is 0 Å². The number of hydrogen-bond acceptors (Lipinski definition) is 1. The van der Waals surface area contributed by atoms with E-state index < -0.39 is 5.66 Å². The van der Waals surface area contributed by atoms with E-state index in [9.17, 15) is 0 Å². The third-order valence-electron chi connectivity index (χ3n) is 9.83. The number of benzene rings is 6. The molecule has 9 aromatic rings. The summed E-state index contributed by atoms with van der Waals surface area (Å²) in [7, 11) is 0. The average molecular weight is 591 g/mol. The first-order valence-electron chi connectivity index (χ1n) is 15.9. The van der Waals surface area contributed by atoms with Gasteiger partial charge in [-0.1, -0.05) is 103 Å². The van der Waals surface area contributed by atoms with Crippen LogP contribution in [-0.2, 0) is 5.66 Å². The molecule has 4 heteroatoms. The highest BCUT2D eigenvalue weighted by atomic mass is 15.3. The maximum atomic E-state index is 4.02. The zero-order chi connectivity index (χ0) is 30.4. The zero-order valence-corrected chi connectivity index (χ0v) is 25.4. The van der Waals surface area contributed by atoms with Gasteiger partial charge in [-0.25, -0.2) is 0 Å². The van der Waals surface area contributed by atoms with Crippen LogP contribution >= 0.6 is 0 Å². The van der Waals surface area contributed by atoms with Gasteiger partial charge < -0.3 is 14.5 Å². The van der Waals surface area contributed by atoms with Gasteiger partial charge in [0.05, 0.1) is 33.1 Å². The van der Waals surface area contributed by atoms with Gasteiger partial charge in [0.15, 0.2) is 0 Å². The minimum atomic E-state index is -0.506. The van der Waals surface area contributed by atoms with Crippen molar-refractivity contribution in [3.05, 3.63) is 158 Å². The number of rotatable bonds is 3. The molecule has 6 aromatic carbocycles. The first-order valence-corrected chi connectivity index (χ1v) is 15.9. The van der Waals surface area contributed by atoms with Gasteiger partial charge in [-0.05, 0) is 61.5 Å². The Bertz CT molecular complexity index is 2680. The van der Waals surface area contributed by atoms with Crippen molar-refractivity contribution in [2.24, 2.45) is 0 Å². The maximum Gasteiger partial charge on any atom is 0.133 e. The fourth-order valence-electron chi connectivity index (χ4n) is 7.97. The van der Waals surface area contributed by atoms with E-state index in [1.54, 1.807) is 0 Å². The Morgan fingerprint density at radius 2 is 1.02 bits per heavy atom. The molecule has 10 rings (SSSR count). The van der Waals surface area contributed by atoms with E-state index in [4.69, 9.17) is 0 Å². The Kier molecular flexibility index (Phi) is 5.10. The van der Waals surface area contributed by atoms with Crippen LogP contribution in [0.2, 0.25) is 0 Å². The van der Waals surface area contributed by atoms with Crippen LogP contribution < -0.4 is 5.32 Å². The van der Waals surface area contributed by atoms with Crippen molar-refractivity contribution in [3.63, 3.8) is 0 Å². The number of aromatic nitrogens is 3. The molecule has 0 radical (unpaired) electrons. The van der Waals surface area contributed by atoms with E-state index in [0.717, 1.165) is 11.5 Å². The van der Waals surface area contributed by atoms with Gasteiger partial charge in [0.25, 0.3) is 0 Å². The standard InChI is InChI=1S/C42H30N4/c1-42(46-36-22-11-6-16-29(36)30-17-7-12-23-37(30)46)27-13-24-39(43-42)45-35-21-10-8-19-33(35)40-38(45)26-25-32-31-18-5-9-20-34(31)44(41(32)40)28-14-3-2-4-15-28/h2-27,43H,1H3. The maximum absolute atomic E-state index is 4.02. The van der Waals surface area contributed by atoms with Gasteiger partial charge >= 0.3 is 0 Å². The second kappa shape index (κ2) is 9.26. The summed E-state index contributed by atoms with van der Waals surface area (Å²) in [4.78, 5) is 0. The number of allylic oxidation sites excluding steroid dienone is 2. The van der Waals surface area contributed by atoms with Gasteiger partial charge in [0.1, 0.15) is 11.5 Å². The number of dihydropyridines is 1. The summed E-state index contributed by atoms with van der Waals surface area (Å²) in [6.07, 6.45) is 6.68. The van der Waals surface area contributed by atoms with Gasteiger partial charge in [-0.3, -0.25) is 4.57 Å². The van der Waals surface area contributed by atoms with Crippen LogP contribution in [0.1, 0.15) is 6.92 Å². The Hall–Kier alpha value is -6.00. The van der Waals surface area contributed by atoms with E-state index in [1.165, 1.54) is 65.4 Å². The number of nitrogens with zero attached hydrogens (tertiary/aromatic N) is 3. The molecule has 46 heavy (non-hydrogen) atoms. The molecular formula is C42H30N4. The molecule has 1 atom stereocenters. The largest absolute Gasteiger partial charge is 0.345 e. The number of para-hydroxylation sites is 5. The molecule has 0 amide bonds. The highest BCUT2D eigenvalue weighted by Crippen LogP contribution is 2.43. The molecule has 0 fully saturated rings. The van der Waals surface area contributed by atoms with Crippen molar-refractivity contribution in [2.45, 2.75) is 12.6 Å². The molecule has 1 aliphatic heterocycles. The highest BCUT2D eigenvalue weighted by Gasteiger charge is 2.31. The monoisotopic (exact) mass is 590 g/mol. The topological polar surface area (TPSA) is 26.8 Å². The van der Waals surface area contributed by atoms with Crippen molar-refractivity contribution in [1.29, 1.82) is 0 Å². The number of fused-ring (bicyclic) bond motifs is 10. The molecule has 0 bridgehead atoms. The van der Waals surface area contributed by atoms with Crippen LogP contribution in [0.5, 0.6) is 0 Å². The summed E-state index contributed by atoms with van der Waals surface area (Å²) in [6, 6.07) is 50.4. The van der Waals surface area contributed by atoms with Gasteiger partial charge in [0.2, 0.25) is 0 Å². The van der Waals surface area contributed by atoms with Crippen LogP contribution in [-0.4, -0.2) is 13.7 Å². The van der Waals surface area contributed by atoms with E-state index >= 15 is 0 Å². The number of nitrogens with one attached hydrogen (secondary N) is 1. The van der Waals surface area contributed by atoms with Gasteiger partial charge in [-0.2, -0.15) is 0 Å². The quantitative estimate of drug-likeness (QED) is 0.218. The Morgan fingerprint density at radius 1 is 0.478 bits per heavy atom. The Morgan fingerprint density at radius 3 is 1.70 bits per heavy atom. The molecule has 1 aliphatic rings. The molecular weight excluding hydrogens is 560 g/mol. The van der Waals surface area contributed by atoms with Crippen LogP contribution in [0.3, 0.4) is 0 Å². The molecule has 0 aliphatic carbocycles. The number of hydrogen-bond donors (Lipinski definition) is 1. The second-order valence-corrected chi connectivity index (χ2v) is 12.4. The molecule has 0 saturated carbocycles. The SMILES string of the molecule is CC1(n2c3ccccc3c3ccccc32)C=CC=C(n2c3ccccc3c3c2ccc2c4ccccc4n(-c4ccccc4)c23)N1. The Labute approximate surface area is 265 Å². The smallest absolute Gasteiger partial charge is 0.133 e. The predicted molar refractivity (Wildman–Crippen MR) is 193 cm³/mol. The lowest BCUT2D eigenvalue weighted by Gasteiger charge is -2.36. The lowest BCUT2D eigenvalue weighted by Crippen LogP contribution is -2.44. The molecule has 1 unspecified atom stereocenters. The van der Waals surface area contributed by atoms with Crippen LogP contribution in [0.4, 0.5) is 0 Å². The molecule has 1 N–H and O–H groups in total. The van der Waals surface area contributed by atoms with Crippen molar-refractivity contribution in [2.75, 3.05) is 0 Å². The molecule has 3 aromatic heterocycles. The fourth-order valence-corrected chi connectivity index (χ4v) is 7.97. The first-order chi connectivity index (χ1) is 22.7. The summed E-state index contributed by atoms with van der Waals surface area (Å²) in [6.45, 7) is 2.27. The summed E-state index contributed by atoms with van der Waals surface area (Å²) < 4.78 is 7.29. The van der Waals surface area contributed by atoms with Crippen molar-refractivity contribution in [3.8, 4) is 5.69 Å². The minimum absolute atomic E-state index is 0.506. The summed E-state index contributed by atoms with van der Waals surface area (Å²) in [5, 5.41) is 11.6. The predicted octanol–water partition coefficient (Wildman–Crippen LogP) is 10.3. The molecule has 218 valence electrons. The second-order valence-electron chi connectivity index (χ2n) is 12.4. The fraction of sp³-hybridized carbons (Fsp3) is 0.0476. The van der Waals surface area contributed by atoms with E-state index in [1.807, 2.05) is 0 Å². The van der Waals surface area contributed by atoms with Gasteiger partial charge in [0, 0.05) is 38.0 Å². The van der Waals surface area contributed by atoms with Crippen LogP contribution in [0.25, 0.3) is 76.9 Å². The molecule has 0 saturated heterocycles. The van der Waals surface area contributed by atoms with Gasteiger partial charge in [-0.15, -0.1) is 0 Å². The zero-order valence-electron chi connectivity index (χ0n) is 25.4. The van der Waals surface area contributed by atoms with Crippen LogP contribution in [0.15, 0.2) is 158 Å². The van der Waals surface area contributed by atoms with Crippen molar-refractivity contribution < 1.29 is 0 Å². The lowest BCUT2D eigenvalue weighted by molar-refractivity contribution is 0.384. The summed E-state index contributed by atoms with van der Waals surface area (Å²) in [5.41, 5.74) is 7.87. The highest BCUT2D eigenvalue weighted by molar-refractivity contribution is 6.26. The lowest BCUT2D eigenvalue weighted by atomic mass is 10.1. The normalized spacial score (nSPS) is 16.7. The van der Waals surface area contributed by atoms with Crippen molar-refractivity contribution >= 4 is 71.2 Å². The first kappa shape index (κ1) is 25.3. The third kappa shape index (κ3) is 3.33. The van der Waals surface area contributed by atoms with E-state index in [0.29, 0.717) is 0 Å². The average Bonchev–Trinajstić information content (AvgIpc) is 3.75. The molecule has 4 heterocycles. The summed E-state index contributed by atoms with van der Waals surface area (Å²) in [5.74, 6) is 1.04.